The lowest BCUT2D eigenvalue weighted by Gasteiger charge is -2.23. The number of alkyl halides is 1. The number of nitrogens with two attached hydrogens (primary N) is 1. The molecule has 0 radical (unpaired) electrons. The van der Waals surface area contributed by atoms with E-state index in [1.165, 1.54) is 11.3 Å². The third-order valence-corrected chi connectivity index (χ3v) is 7.40. The number of aromatic nitrogens is 3. The largest absolute Gasteiger partial charge is 0.419 e. The number of likely N-dealkylation sites (tertiary alicyclic amines) is 1. The standard InChI is InChI=1S/C27H28FN5O2S/c1-16-9-19(23-31-32-26(35-23)27(3,29)13-18-7-5-4-6-8-18)11-20(10-16)25(34)33-14-21(28)12-22(33)24-30-17(2)15-36-24/h4-11,15,21-22H,12-14,29H2,1-3H3/t21-,22+,27+/m0/s1. The van der Waals surface area contributed by atoms with E-state index in [2.05, 4.69) is 15.2 Å². The molecule has 0 aliphatic carbocycles. The Morgan fingerprint density at radius 3 is 2.72 bits per heavy atom. The van der Waals surface area contributed by atoms with Crippen LogP contribution in [-0.4, -0.2) is 38.7 Å². The highest BCUT2D eigenvalue weighted by Crippen LogP contribution is 2.37. The molecular formula is C27H28FN5O2S. The van der Waals surface area contributed by atoms with E-state index >= 15 is 0 Å². The molecule has 4 aromatic rings. The predicted molar refractivity (Wildman–Crippen MR) is 136 cm³/mol. The molecule has 9 heteroatoms. The summed E-state index contributed by atoms with van der Waals surface area (Å²) < 4.78 is 20.4. The number of aryl methyl sites for hydroxylation is 2. The van der Waals surface area contributed by atoms with E-state index in [4.69, 9.17) is 10.2 Å². The van der Waals surface area contributed by atoms with Crippen molar-refractivity contribution in [2.24, 2.45) is 5.73 Å². The second kappa shape index (κ2) is 9.55. The van der Waals surface area contributed by atoms with Crippen LogP contribution >= 0.6 is 11.3 Å². The van der Waals surface area contributed by atoms with Gasteiger partial charge >= 0.3 is 0 Å². The number of rotatable bonds is 6. The van der Waals surface area contributed by atoms with Crippen LogP contribution in [0.5, 0.6) is 0 Å². The fourth-order valence-electron chi connectivity index (χ4n) is 4.63. The fourth-order valence-corrected chi connectivity index (χ4v) is 5.55. The van der Waals surface area contributed by atoms with Crippen LogP contribution in [0, 0.1) is 13.8 Å². The molecule has 0 unspecified atom stereocenters. The average Bonchev–Trinajstić information content (AvgIpc) is 3.58. The van der Waals surface area contributed by atoms with Gasteiger partial charge in [-0.1, -0.05) is 30.3 Å². The van der Waals surface area contributed by atoms with E-state index in [0.29, 0.717) is 23.4 Å². The maximum absolute atomic E-state index is 14.4. The molecule has 3 atom stereocenters. The number of nitrogens with zero attached hydrogens (tertiary/aromatic N) is 4. The van der Waals surface area contributed by atoms with E-state index in [1.54, 1.807) is 17.0 Å². The van der Waals surface area contributed by atoms with Gasteiger partial charge in [0, 0.05) is 28.6 Å². The van der Waals surface area contributed by atoms with Gasteiger partial charge in [-0.3, -0.25) is 4.79 Å². The zero-order valence-electron chi connectivity index (χ0n) is 20.4. The van der Waals surface area contributed by atoms with Gasteiger partial charge in [0.05, 0.1) is 18.1 Å². The van der Waals surface area contributed by atoms with Gasteiger partial charge in [0.2, 0.25) is 11.8 Å². The molecule has 0 spiro atoms. The number of hydrogen-bond donors (Lipinski definition) is 1. The molecule has 0 bridgehead atoms. The van der Waals surface area contributed by atoms with Crippen LogP contribution in [0.1, 0.15) is 57.5 Å². The first-order chi connectivity index (χ1) is 17.2. The molecule has 36 heavy (non-hydrogen) atoms. The van der Waals surface area contributed by atoms with Crippen molar-refractivity contribution in [1.82, 2.24) is 20.1 Å². The lowest BCUT2D eigenvalue weighted by molar-refractivity contribution is 0.0728. The number of amides is 1. The highest BCUT2D eigenvalue weighted by Gasteiger charge is 2.38. The zero-order valence-corrected chi connectivity index (χ0v) is 21.3. The highest BCUT2D eigenvalue weighted by molar-refractivity contribution is 7.09. The Hall–Kier alpha value is -3.43. The van der Waals surface area contributed by atoms with Crippen molar-refractivity contribution >= 4 is 17.2 Å². The number of halogens is 1. The second-order valence-electron chi connectivity index (χ2n) is 9.71. The molecule has 1 aliphatic heterocycles. The number of thiazole rings is 1. The van der Waals surface area contributed by atoms with Crippen LogP contribution in [0.3, 0.4) is 0 Å². The van der Waals surface area contributed by atoms with Gasteiger partial charge in [-0.15, -0.1) is 21.5 Å². The summed E-state index contributed by atoms with van der Waals surface area (Å²) in [6.07, 6.45) is -0.303. The lowest BCUT2D eigenvalue weighted by atomic mass is 9.94. The SMILES string of the molecule is Cc1cc(C(=O)N2C[C@@H](F)C[C@@H]2c2nc(C)cs2)cc(-c2nnc([C@](C)(N)Cc3ccccc3)o2)c1. The molecule has 7 nitrogen and oxygen atoms in total. The Morgan fingerprint density at radius 1 is 1.22 bits per heavy atom. The molecule has 2 aromatic heterocycles. The number of hydrogen-bond acceptors (Lipinski definition) is 7. The summed E-state index contributed by atoms with van der Waals surface area (Å²) in [6.45, 7) is 5.68. The summed E-state index contributed by atoms with van der Waals surface area (Å²) in [7, 11) is 0. The Balaban J connectivity index is 1.41. The fraction of sp³-hybridized carbons (Fsp3) is 0.333. The molecule has 1 fully saturated rings. The number of benzene rings is 2. The Morgan fingerprint density at radius 2 is 2.00 bits per heavy atom. The molecule has 5 rings (SSSR count). The van der Waals surface area contributed by atoms with Gasteiger partial charge in [-0.25, -0.2) is 9.37 Å². The maximum Gasteiger partial charge on any atom is 0.254 e. The normalized spacial score (nSPS) is 19.4. The summed E-state index contributed by atoms with van der Waals surface area (Å²) in [4.78, 5) is 19.6. The Bertz CT molecular complexity index is 1380. The van der Waals surface area contributed by atoms with Crippen LogP contribution in [0.25, 0.3) is 11.5 Å². The average molecular weight is 506 g/mol. The number of carbonyl (C=O) groups is 1. The molecule has 2 aromatic carbocycles. The molecule has 1 saturated heterocycles. The van der Waals surface area contributed by atoms with Crippen molar-refractivity contribution in [1.29, 1.82) is 0 Å². The Labute approximate surface area is 213 Å². The minimum Gasteiger partial charge on any atom is -0.419 e. The summed E-state index contributed by atoms with van der Waals surface area (Å²) >= 11 is 1.46. The van der Waals surface area contributed by atoms with E-state index in [9.17, 15) is 9.18 Å². The maximum atomic E-state index is 14.4. The van der Waals surface area contributed by atoms with Crippen molar-refractivity contribution in [3.05, 3.63) is 87.2 Å². The van der Waals surface area contributed by atoms with Gasteiger partial charge < -0.3 is 15.1 Å². The summed E-state index contributed by atoms with van der Waals surface area (Å²) in [5, 5.41) is 11.1. The zero-order chi connectivity index (χ0) is 25.4. The van der Waals surface area contributed by atoms with E-state index in [-0.39, 0.29) is 30.8 Å². The van der Waals surface area contributed by atoms with Crippen molar-refractivity contribution in [3.8, 4) is 11.5 Å². The topological polar surface area (TPSA) is 98.1 Å². The van der Waals surface area contributed by atoms with Crippen LogP contribution in [0.15, 0.2) is 58.3 Å². The van der Waals surface area contributed by atoms with Gasteiger partial charge in [-0.2, -0.15) is 0 Å². The first-order valence-electron chi connectivity index (χ1n) is 11.9. The summed E-state index contributed by atoms with van der Waals surface area (Å²) in [5.74, 6) is 0.351. The molecule has 3 heterocycles. The highest BCUT2D eigenvalue weighted by atomic mass is 32.1. The van der Waals surface area contributed by atoms with Crippen molar-refractivity contribution in [2.45, 2.75) is 51.4 Å². The van der Waals surface area contributed by atoms with Crippen molar-refractivity contribution < 1.29 is 13.6 Å². The number of carbonyl (C=O) groups excluding carboxylic acids is 1. The first kappa shape index (κ1) is 24.3. The smallest absolute Gasteiger partial charge is 0.254 e. The van der Waals surface area contributed by atoms with Gasteiger partial charge in [0.1, 0.15) is 11.2 Å². The van der Waals surface area contributed by atoms with Gasteiger partial charge in [0.25, 0.3) is 5.91 Å². The molecule has 0 saturated carbocycles. The predicted octanol–water partition coefficient (Wildman–Crippen LogP) is 5.15. The van der Waals surface area contributed by atoms with E-state index in [0.717, 1.165) is 21.8 Å². The van der Waals surface area contributed by atoms with Crippen LogP contribution in [0.4, 0.5) is 4.39 Å². The second-order valence-corrected chi connectivity index (χ2v) is 10.6. The summed E-state index contributed by atoms with van der Waals surface area (Å²) in [6, 6.07) is 14.9. The minimum absolute atomic E-state index is 0.0428. The van der Waals surface area contributed by atoms with Gasteiger partial charge in [0.15, 0.2) is 0 Å². The molecule has 1 amide bonds. The van der Waals surface area contributed by atoms with Crippen LogP contribution in [-0.2, 0) is 12.0 Å². The van der Waals surface area contributed by atoms with E-state index in [1.807, 2.05) is 62.5 Å². The summed E-state index contributed by atoms with van der Waals surface area (Å²) in [5.41, 5.74) is 9.52. The third-order valence-electron chi connectivity index (χ3n) is 6.33. The minimum atomic E-state index is -1.09. The first-order valence-corrected chi connectivity index (χ1v) is 12.7. The quantitative estimate of drug-likeness (QED) is 0.389. The van der Waals surface area contributed by atoms with Crippen LogP contribution in [0.2, 0.25) is 0 Å². The van der Waals surface area contributed by atoms with Gasteiger partial charge in [-0.05, 0) is 56.5 Å². The van der Waals surface area contributed by atoms with Crippen molar-refractivity contribution in [3.63, 3.8) is 0 Å². The molecular weight excluding hydrogens is 477 g/mol. The molecule has 1 aliphatic rings. The molecule has 2 N–H and O–H groups in total. The van der Waals surface area contributed by atoms with E-state index < -0.39 is 11.7 Å². The lowest BCUT2D eigenvalue weighted by Crippen LogP contribution is -2.35. The third kappa shape index (κ3) is 4.94. The monoisotopic (exact) mass is 505 g/mol. The Kier molecular flexibility index (Phi) is 6.44. The van der Waals surface area contributed by atoms with Crippen LogP contribution < -0.4 is 5.73 Å². The van der Waals surface area contributed by atoms with Crippen molar-refractivity contribution in [2.75, 3.05) is 6.54 Å². The molecule has 186 valence electrons.